The van der Waals surface area contributed by atoms with Crippen molar-refractivity contribution >= 4 is 11.6 Å². The number of hydrogen-bond donors (Lipinski definition) is 1. The molecule has 1 saturated heterocycles. The molecule has 1 amide bonds. The minimum atomic E-state index is -0.794. The summed E-state index contributed by atoms with van der Waals surface area (Å²) in [4.78, 5) is 20.1. The van der Waals surface area contributed by atoms with Crippen LogP contribution in [0.4, 0.5) is 4.39 Å². The van der Waals surface area contributed by atoms with Gasteiger partial charge in [-0.3, -0.25) is 4.79 Å². The smallest absolute Gasteiger partial charge is 0.226 e. The van der Waals surface area contributed by atoms with Crippen LogP contribution >= 0.6 is 0 Å². The second-order valence-electron chi connectivity index (χ2n) is 10.9. The first-order valence-electron chi connectivity index (χ1n) is 13.7. The SMILES string of the molecule is CCC[C@H](N)CC.Cc1cn2nc([C@@H]3CCCCN3C(=O)C3CC(C)C(F)C(C)C3)cc2nc1C. The second-order valence-corrected chi connectivity index (χ2v) is 10.9. The van der Waals surface area contributed by atoms with E-state index in [9.17, 15) is 9.18 Å². The summed E-state index contributed by atoms with van der Waals surface area (Å²) < 4.78 is 16.1. The van der Waals surface area contributed by atoms with Crippen LogP contribution in [-0.4, -0.2) is 44.2 Å². The summed E-state index contributed by atoms with van der Waals surface area (Å²) in [5.41, 5.74) is 9.44. The summed E-state index contributed by atoms with van der Waals surface area (Å²) in [7, 11) is 0. The molecule has 2 aromatic rings. The quantitative estimate of drug-likeness (QED) is 0.566. The Morgan fingerprint density at radius 2 is 1.89 bits per heavy atom. The Hall–Kier alpha value is -2.02. The zero-order chi connectivity index (χ0) is 25.7. The van der Waals surface area contributed by atoms with E-state index in [1.807, 2.05) is 49.4 Å². The number of hydrogen-bond acceptors (Lipinski definition) is 4. The maximum Gasteiger partial charge on any atom is 0.226 e. The van der Waals surface area contributed by atoms with E-state index in [1.165, 1.54) is 12.8 Å². The van der Waals surface area contributed by atoms with Crippen molar-refractivity contribution in [2.75, 3.05) is 6.54 Å². The van der Waals surface area contributed by atoms with Crippen LogP contribution in [0.1, 0.15) is 102 Å². The number of nitrogens with two attached hydrogens (primary N) is 1. The van der Waals surface area contributed by atoms with Crippen molar-refractivity contribution in [3.8, 4) is 0 Å². The summed E-state index contributed by atoms with van der Waals surface area (Å²) in [6.45, 7) is 13.0. The first-order chi connectivity index (χ1) is 16.7. The molecule has 1 aliphatic carbocycles. The molecule has 3 heterocycles. The number of rotatable bonds is 5. The molecule has 2 N–H and O–H groups in total. The maximum absolute atomic E-state index is 14.2. The first kappa shape index (κ1) is 27.6. The number of carbonyl (C=O) groups is 1. The van der Waals surface area contributed by atoms with Gasteiger partial charge in [-0.2, -0.15) is 5.10 Å². The highest BCUT2D eigenvalue weighted by Crippen LogP contribution is 2.39. The Kier molecular flexibility index (Phi) is 9.68. The molecule has 35 heavy (non-hydrogen) atoms. The van der Waals surface area contributed by atoms with E-state index in [4.69, 9.17) is 10.8 Å². The normalized spacial score (nSPS) is 27.9. The summed E-state index contributed by atoms with van der Waals surface area (Å²) in [6.07, 6.45) is 9.07. The number of aromatic nitrogens is 3. The number of halogens is 1. The number of amides is 1. The minimum Gasteiger partial charge on any atom is -0.334 e. The monoisotopic (exact) mass is 487 g/mol. The van der Waals surface area contributed by atoms with E-state index in [2.05, 4.69) is 18.8 Å². The number of piperidine rings is 1. The van der Waals surface area contributed by atoms with Gasteiger partial charge in [-0.05, 0) is 76.2 Å². The highest BCUT2D eigenvalue weighted by Gasteiger charge is 2.40. The molecule has 7 heteroatoms. The largest absolute Gasteiger partial charge is 0.334 e. The van der Waals surface area contributed by atoms with Crippen molar-refractivity contribution in [1.29, 1.82) is 0 Å². The molecular formula is C28H46FN5O. The van der Waals surface area contributed by atoms with Crippen molar-refractivity contribution < 1.29 is 9.18 Å². The maximum atomic E-state index is 14.2. The van der Waals surface area contributed by atoms with Crippen molar-refractivity contribution in [3.05, 3.63) is 29.2 Å². The lowest BCUT2D eigenvalue weighted by atomic mass is 9.74. The van der Waals surface area contributed by atoms with E-state index in [-0.39, 0.29) is 29.7 Å². The molecule has 0 aromatic carbocycles. The minimum absolute atomic E-state index is 0.00252. The van der Waals surface area contributed by atoms with Crippen LogP contribution < -0.4 is 5.73 Å². The molecule has 0 spiro atoms. The molecule has 1 aliphatic heterocycles. The molecule has 2 aromatic heterocycles. The zero-order valence-electron chi connectivity index (χ0n) is 22.6. The van der Waals surface area contributed by atoms with Crippen LogP contribution in [0.3, 0.4) is 0 Å². The molecular weight excluding hydrogens is 441 g/mol. The molecule has 4 atom stereocenters. The molecule has 2 fully saturated rings. The molecule has 196 valence electrons. The van der Waals surface area contributed by atoms with Crippen LogP contribution in [0, 0.1) is 31.6 Å². The summed E-state index contributed by atoms with van der Waals surface area (Å²) in [5, 5.41) is 4.76. The van der Waals surface area contributed by atoms with Gasteiger partial charge in [0.25, 0.3) is 0 Å². The van der Waals surface area contributed by atoms with Crippen molar-refractivity contribution in [3.63, 3.8) is 0 Å². The topological polar surface area (TPSA) is 76.5 Å². The molecule has 2 aliphatic rings. The van der Waals surface area contributed by atoms with Gasteiger partial charge in [-0.1, -0.05) is 34.1 Å². The van der Waals surface area contributed by atoms with Gasteiger partial charge in [0.2, 0.25) is 5.91 Å². The van der Waals surface area contributed by atoms with Gasteiger partial charge in [0.1, 0.15) is 6.17 Å². The number of aryl methyl sites for hydroxylation is 2. The zero-order valence-corrected chi connectivity index (χ0v) is 22.6. The van der Waals surface area contributed by atoms with E-state index in [0.717, 1.165) is 54.8 Å². The standard InChI is InChI=1S/C22H31FN4O.C6H15N/c1-13-9-17(10-14(2)21(13)23)22(28)26-8-6-5-7-19(26)18-11-20-24-16(4)15(3)12-27(20)25-18;1-3-5-6(7)4-2/h11-14,17,19,21H,5-10H2,1-4H3;6H,3-5,7H2,1-2H3/t13?,14?,17?,19-,21?;6-/m01/s1. The fourth-order valence-electron chi connectivity index (χ4n) is 5.61. The predicted octanol–water partition coefficient (Wildman–Crippen LogP) is 5.94. The van der Waals surface area contributed by atoms with Gasteiger partial charge in [-0.25, -0.2) is 13.9 Å². The Balaban J connectivity index is 0.000000429. The van der Waals surface area contributed by atoms with Crippen LogP contribution in [0.5, 0.6) is 0 Å². The third-order valence-electron chi connectivity index (χ3n) is 7.96. The Labute approximate surface area is 210 Å². The molecule has 2 unspecified atom stereocenters. The van der Waals surface area contributed by atoms with Crippen LogP contribution in [0.2, 0.25) is 0 Å². The van der Waals surface area contributed by atoms with E-state index in [0.29, 0.717) is 18.9 Å². The van der Waals surface area contributed by atoms with Crippen LogP contribution in [-0.2, 0) is 4.79 Å². The second kappa shape index (κ2) is 12.3. The van der Waals surface area contributed by atoms with Crippen molar-refractivity contribution in [1.82, 2.24) is 19.5 Å². The highest BCUT2D eigenvalue weighted by molar-refractivity contribution is 5.79. The molecule has 1 saturated carbocycles. The van der Waals surface area contributed by atoms with Gasteiger partial charge < -0.3 is 10.6 Å². The van der Waals surface area contributed by atoms with E-state index < -0.39 is 6.17 Å². The Morgan fingerprint density at radius 3 is 2.49 bits per heavy atom. The number of fused-ring (bicyclic) bond motifs is 1. The van der Waals surface area contributed by atoms with Gasteiger partial charge in [0.15, 0.2) is 5.65 Å². The Bertz CT molecular complexity index is 925. The van der Waals surface area contributed by atoms with Crippen LogP contribution in [0.25, 0.3) is 5.65 Å². The van der Waals surface area contributed by atoms with Gasteiger partial charge >= 0.3 is 0 Å². The fraction of sp³-hybridized carbons (Fsp3) is 0.750. The average Bonchev–Trinajstić information content (AvgIpc) is 3.25. The average molecular weight is 488 g/mol. The third kappa shape index (κ3) is 6.60. The van der Waals surface area contributed by atoms with E-state index >= 15 is 0 Å². The summed E-state index contributed by atoms with van der Waals surface area (Å²) in [6, 6.07) is 2.47. The molecule has 0 bridgehead atoms. The number of likely N-dealkylation sites (tertiary alicyclic amines) is 1. The summed E-state index contributed by atoms with van der Waals surface area (Å²) in [5.74, 6) is 0.0162. The van der Waals surface area contributed by atoms with Gasteiger partial charge in [0, 0.05) is 36.5 Å². The lowest BCUT2D eigenvalue weighted by molar-refractivity contribution is -0.142. The Morgan fingerprint density at radius 1 is 1.20 bits per heavy atom. The first-order valence-corrected chi connectivity index (χ1v) is 13.7. The fourth-order valence-corrected chi connectivity index (χ4v) is 5.61. The van der Waals surface area contributed by atoms with E-state index in [1.54, 1.807) is 0 Å². The lowest BCUT2D eigenvalue weighted by Crippen LogP contribution is -2.45. The van der Waals surface area contributed by atoms with Crippen molar-refractivity contribution in [2.24, 2.45) is 23.5 Å². The van der Waals surface area contributed by atoms with Gasteiger partial charge in [-0.15, -0.1) is 0 Å². The predicted molar refractivity (Wildman–Crippen MR) is 140 cm³/mol. The molecule has 6 nitrogen and oxygen atoms in total. The molecule has 0 radical (unpaired) electrons. The highest BCUT2D eigenvalue weighted by atomic mass is 19.1. The van der Waals surface area contributed by atoms with Crippen LogP contribution in [0.15, 0.2) is 12.3 Å². The summed E-state index contributed by atoms with van der Waals surface area (Å²) >= 11 is 0. The number of carbonyl (C=O) groups excluding carboxylic acids is 1. The number of alkyl halides is 1. The third-order valence-corrected chi connectivity index (χ3v) is 7.96. The number of nitrogens with zero attached hydrogens (tertiary/aromatic N) is 4. The van der Waals surface area contributed by atoms with Gasteiger partial charge in [0.05, 0.1) is 11.7 Å². The lowest BCUT2D eigenvalue weighted by Gasteiger charge is -2.40. The van der Waals surface area contributed by atoms with Crippen molar-refractivity contribution in [2.45, 2.75) is 111 Å². The molecule has 4 rings (SSSR count).